The van der Waals surface area contributed by atoms with Gasteiger partial charge in [0.1, 0.15) is 6.61 Å². The van der Waals surface area contributed by atoms with Crippen LogP contribution in [-0.4, -0.2) is 31.0 Å². The first-order chi connectivity index (χ1) is 7.65. The third-order valence-electron chi connectivity index (χ3n) is 2.25. The fourth-order valence-electron chi connectivity index (χ4n) is 1.25. The van der Waals surface area contributed by atoms with E-state index in [-0.39, 0.29) is 17.5 Å². The lowest BCUT2D eigenvalue weighted by Crippen LogP contribution is -2.30. The van der Waals surface area contributed by atoms with Crippen LogP contribution >= 0.6 is 0 Å². The van der Waals surface area contributed by atoms with Crippen LogP contribution in [0.5, 0.6) is 5.75 Å². The number of hydrogen-bond acceptors (Lipinski definition) is 2. The van der Waals surface area contributed by atoms with Crippen molar-refractivity contribution in [3.63, 3.8) is 0 Å². The molecular formula is C12H16FNO2. The number of hydrogen-bond donors (Lipinski definition) is 0. The van der Waals surface area contributed by atoms with Gasteiger partial charge in [-0.3, -0.25) is 4.79 Å². The van der Waals surface area contributed by atoms with E-state index >= 15 is 0 Å². The molecule has 1 amide bonds. The van der Waals surface area contributed by atoms with E-state index in [0.29, 0.717) is 19.6 Å². The van der Waals surface area contributed by atoms with E-state index in [1.54, 1.807) is 37.1 Å². The van der Waals surface area contributed by atoms with E-state index in [4.69, 9.17) is 4.74 Å². The van der Waals surface area contributed by atoms with Gasteiger partial charge in [0.05, 0.1) is 6.54 Å². The first-order valence-corrected chi connectivity index (χ1v) is 5.26. The SMILES string of the molecule is CCC(=O)N(C)CCOc1ccccc1F. The molecule has 3 nitrogen and oxygen atoms in total. The summed E-state index contributed by atoms with van der Waals surface area (Å²) in [5.41, 5.74) is 0. The Kier molecular flexibility index (Phi) is 4.76. The molecule has 88 valence electrons. The van der Waals surface area contributed by atoms with E-state index in [9.17, 15) is 9.18 Å². The number of carbonyl (C=O) groups excluding carboxylic acids is 1. The number of ether oxygens (including phenoxy) is 1. The van der Waals surface area contributed by atoms with Crippen LogP contribution in [0.4, 0.5) is 4.39 Å². The summed E-state index contributed by atoms with van der Waals surface area (Å²) in [6, 6.07) is 6.22. The van der Waals surface area contributed by atoms with Gasteiger partial charge in [-0.15, -0.1) is 0 Å². The Bertz CT molecular complexity index is 355. The number of halogens is 1. The van der Waals surface area contributed by atoms with Crippen LogP contribution in [0.3, 0.4) is 0 Å². The second-order valence-corrected chi connectivity index (χ2v) is 3.45. The van der Waals surface area contributed by atoms with E-state index in [2.05, 4.69) is 0 Å². The monoisotopic (exact) mass is 225 g/mol. The summed E-state index contributed by atoms with van der Waals surface area (Å²) in [6.07, 6.45) is 0.468. The zero-order valence-electron chi connectivity index (χ0n) is 9.57. The predicted molar refractivity (Wildman–Crippen MR) is 59.8 cm³/mol. The number of nitrogens with zero attached hydrogens (tertiary/aromatic N) is 1. The summed E-state index contributed by atoms with van der Waals surface area (Å²) in [4.78, 5) is 12.8. The van der Waals surface area contributed by atoms with Gasteiger partial charge >= 0.3 is 0 Å². The lowest BCUT2D eigenvalue weighted by Gasteiger charge is -2.16. The summed E-state index contributed by atoms with van der Waals surface area (Å²) >= 11 is 0. The average molecular weight is 225 g/mol. The minimum atomic E-state index is -0.382. The lowest BCUT2D eigenvalue weighted by molar-refractivity contribution is -0.129. The summed E-state index contributed by atoms with van der Waals surface area (Å²) in [5, 5.41) is 0. The van der Waals surface area contributed by atoms with Gasteiger partial charge < -0.3 is 9.64 Å². The van der Waals surface area contributed by atoms with Crippen molar-refractivity contribution in [2.75, 3.05) is 20.2 Å². The number of para-hydroxylation sites is 1. The van der Waals surface area contributed by atoms with Crippen LogP contribution in [0.25, 0.3) is 0 Å². The van der Waals surface area contributed by atoms with Crippen molar-refractivity contribution in [2.24, 2.45) is 0 Å². The molecule has 0 unspecified atom stereocenters. The molecule has 0 aliphatic rings. The molecule has 4 heteroatoms. The summed E-state index contributed by atoms with van der Waals surface area (Å²) in [6.45, 7) is 2.56. The van der Waals surface area contributed by atoms with Crippen molar-refractivity contribution in [3.8, 4) is 5.75 Å². The molecule has 1 aromatic rings. The van der Waals surface area contributed by atoms with E-state index < -0.39 is 0 Å². The summed E-state index contributed by atoms with van der Waals surface area (Å²) in [5.74, 6) is -0.107. The molecule has 0 saturated heterocycles. The minimum Gasteiger partial charge on any atom is -0.489 e. The number of amides is 1. The van der Waals surface area contributed by atoms with Gasteiger partial charge in [-0.25, -0.2) is 4.39 Å². The maximum absolute atomic E-state index is 13.1. The van der Waals surface area contributed by atoms with E-state index in [1.807, 2.05) is 0 Å². The van der Waals surface area contributed by atoms with Crippen molar-refractivity contribution < 1.29 is 13.9 Å². The Morgan fingerprint density at radius 1 is 1.44 bits per heavy atom. The maximum Gasteiger partial charge on any atom is 0.222 e. The lowest BCUT2D eigenvalue weighted by atomic mass is 10.3. The van der Waals surface area contributed by atoms with Crippen molar-refractivity contribution in [1.29, 1.82) is 0 Å². The van der Waals surface area contributed by atoms with Gasteiger partial charge in [-0.05, 0) is 12.1 Å². The molecule has 0 bridgehead atoms. The molecular weight excluding hydrogens is 209 g/mol. The van der Waals surface area contributed by atoms with Gasteiger partial charge in [0.2, 0.25) is 5.91 Å². The van der Waals surface area contributed by atoms with Crippen molar-refractivity contribution in [3.05, 3.63) is 30.1 Å². The Morgan fingerprint density at radius 2 is 2.12 bits per heavy atom. The molecule has 0 aliphatic heterocycles. The van der Waals surface area contributed by atoms with Crippen LogP contribution in [0.1, 0.15) is 13.3 Å². The van der Waals surface area contributed by atoms with Gasteiger partial charge in [0.15, 0.2) is 11.6 Å². The molecule has 1 aromatic carbocycles. The molecule has 0 aliphatic carbocycles. The fraction of sp³-hybridized carbons (Fsp3) is 0.417. The van der Waals surface area contributed by atoms with Gasteiger partial charge in [0, 0.05) is 13.5 Å². The molecule has 0 saturated carbocycles. The highest BCUT2D eigenvalue weighted by Crippen LogP contribution is 2.14. The molecule has 0 heterocycles. The second-order valence-electron chi connectivity index (χ2n) is 3.45. The minimum absolute atomic E-state index is 0.0529. The highest BCUT2D eigenvalue weighted by atomic mass is 19.1. The Hall–Kier alpha value is -1.58. The predicted octanol–water partition coefficient (Wildman–Crippen LogP) is 2.07. The number of benzene rings is 1. The molecule has 16 heavy (non-hydrogen) atoms. The topological polar surface area (TPSA) is 29.5 Å². The van der Waals surface area contributed by atoms with Crippen molar-refractivity contribution >= 4 is 5.91 Å². The molecule has 0 fully saturated rings. The Balaban J connectivity index is 2.36. The van der Waals surface area contributed by atoms with Crippen molar-refractivity contribution in [2.45, 2.75) is 13.3 Å². The standard InChI is InChI=1S/C12H16FNO2/c1-3-12(15)14(2)8-9-16-11-7-5-4-6-10(11)13/h4-7H,3,8-9H2,1-2H3. The first-order valence-electron chi connectivity index (χ1n) is 5.26. The van der Waals surface area contributed by atoms with Gasteiger partial charge in [-0.2, -0.15) is 0 Å². The largest absolute Gasteiger partial charge is 0.489 e. The fourth-order valence-corrected chi connectivity index (χ4v) is 1.25. The third kappa shape index (κ3) is 3.53. The van der Waals surface area contributed by atoms with Crippen molar-refractivity contribution in [1.82, 2.24) is 4.90 Å². The maximum atomic E-state index is 13.1. The zero-order chi connectivity index (χ0) is 12.0. The molecule has 0 N–H and O–H groups in total. The molecule has 1 rings (SSSR count). The molecule has 0 spiro atoms. The smallest absolute Gasteiger partial charge is 0.222 e. The van der Waals surface area contributed by atoms with Gasteiger partial charge in [0.25, 0.3) is 0 Å². The van der Waals surface area contributed by atoms with Gasteiger partial charge in [-0.1, -0.05) is 19.1 Å². The summed E-state index contributed by atoms with van der Waals surface area (Å²) < 4.78 is 18.4. The normalized spacial score (nSPS) is 9.94. The van der Waals surface area contributed by atoms with Crippen LogP contribution in [0.15, 0.2) is 24.3 Å². The molecule has 0 radical (unpaired) electrons. The van der Waals surface area contributed by atoms with Crippen LogP contribution < -0.4 is 4.74 Å². The second kappa shape index (κ2) is 6.10. The number of likely N-dealkylation sites (N-methyl/N-ethyl adjacent to an activating group) is 1. The highest BCUT2D eigenvalue weighted by molar-refractivity contribution is 5.75. The zero-order valence-corrected chi connectivity index (χ0v) is 9.57. The molecule has 0 atom stereocenters. The van der Waals surface area contributed by atoms with Crippen LogP contribution in [0, 0.1) is 5.82 Å². The number of rotatable bonds is 5. The van der Waals surface area contributed by atoms with Crippen LogP contribution in [0.2, 0.25) is 0 Å². The Morgan fingerprint density at radius 3 is 2.75 bits per heavy atom. The highest BCUT2D eigenvalue weighted by Gasteiger charge is 2.06. The first kappa shape index (κ1) is 12.5. The quantitative estimate of drug-likeness (QED) is 0.767. The van der Waals surface area contributed by atoms with Crippen LogP contribution in [-0.2, 0) is 4.79 Å². The third-order valence-corrected chi connectivity index (χ3v) is 2.25. The number of carbonyl (C=O) groups is 1. The Labute approximate surface area is 94.8 Å². The van der Waals surface area contributed by atoms with E-state index in [0.717, 1.165) is 0 Å². The summed E-state index contributed by atoms with van der Waals surface area (Å²) in [7, 11) is 1.70. The average Bonchev–Trinajstić information content (AvgIpc) is 2.30. The molecule has 0 aromatic heterocycles. The van der Waals surface area contributed by atoms with E-state index in [1.165, 1.54) is 6.07 Å².